The highest BCUT2D eigenvalue weighted by Crippen LogP contribution is 2.21. The lowest BCUT2D eigenvalue weighted by Gasteiger charge is -2.34. The van der Waals surface area contributed by atoms with Crippen molar-refractivity contribution in [3.63, 3.8) is 0 Å². The lowest BCUT2D eigenvalue weighted by Crippen LogP contribution is -2.47. The van der Waals surface area contributed by atoms with Gasteiger partial charge in [0.1, 0.15) is 0 Å². The number of hydrogen-bond acceptors (Lipinski definition) is 3. The Labute approximate surface area is 123 Å². The van der Waals surface area contributed by atoms with E-state index in [1.54, 1.807) is 24.0 Å². The van der Waals surface area contributed by atoms with Gasteiger partial charge in [0, 0.05) is 6.54 Å². The van der Waals surface area contributed by atoms with Crippen molar-refractivity contribution in [1.29, 1.82) is 0 Å². The van der Waals surface area contributed by atoms with E-state index < -0.39 is 5.97 Å². The molecule has 1 saturated heterocycles. The second-order valence-electron chi connectivity index (χ2n) is 5.31. The summed E-state index contributed by atoms with van der Waals surface area (Å²) in [5.41, 5.74) is 1.16. The van der Waals surface area contributed by atoms with Crippen molar-refractivity contribution in [3.8, 4) is 0 Å². The van der Waals surface area contributed by atoms with Gasteiger partial charge in [-0.15, -0.1) is 0 Å². The van der Waals surface area contributed by atoms with Crippen molar-refractivity contribution in [2.24, 2.45) is 0 Å². The molecule has 0 spiro atoms. The highest BCUT2D eigenvalue weighted by Gasteiger charge is 2.26. The Balaban J connectivity index is 2.17. The first-order valence-electron chi connectivity index (χ1n) is 7.05. The summed E-state index contributed by atoms with van der Waals surface area (Å²) in [7, 11) is 0. The molecule has 0 radical (unpaired) electrons. The number of anilines is 1. The van der Waals surface area contributed by atoms with Crippen molar-refractivity contribution in [2.45, 2.75) is 32.2 Å². The van der Waals surface area contributed by atoms with Crippen LogP contribution in [0.2, 0.25) is 0 Å². The normalized spacial score (nSPS) is 18.4. The Hall–Kier alpha value is -2.08. The number of amides is 2. The molecule has 2 rings (SSSR count). The monoisotopic (exact) mass is 292 g/mol. The zero-order valence-corrected chi connectivity index (χ0v) is 12.0. The third-order valence-electron chi connectivity index (χ3n) is 3.75. The minimum absolute atomic E-state index is 0.0703. The molecular formula is C15H20N2O4. The number of carbonyl (C=O) groups is 2. The number of carboxylic acid groups (broad SMARTS) is 1. The number of rotatable bonds is 3. The van der Waals surface area contributed by atoms with Crippen LogP contribution in [0.1, 0.15) is 35.2 Å². The number of piperidine rings is 1. The molecule has 1 aliphatic rings. The number of aromatic carboxylic acids is 1. The predicted molar refractivity (Wildman–Crippen MR) is 78.6 cm³/mol. The summed E-state index contributed by atoms with van der Waals surface area (Å²) in [5.74, 6) is -1.08. The lowest BCUT2D eigenvalue weighted by atomic mass is 10.0. The van der Waals surface area contributed by atoms with Gasteiger partial charge in [-0.3, -0.25) is 0 Å². The number of carboxylic acids is 1. The van der Waals surface area contributed by atoms with Crippen molar-refractivity contribution < 1.29 is 19.8 Å². The summed E-state index contributed by atoms with van der Waals surface area (Å²) in [6.45, 7) is 2.29. The predicted octanol–water partition coefficient (Wildman–Crippen LogP) is 2.07. The summed E-state index contributed by atoms with van der Waals surface area (Å²) >= 11 is 0. The zero-order valence-electron chi connectivity index (χ0n) is 12.0. The summed E-state index contributed by atoms with van der Waals surface area (Å²) in [5, 5.41) is 21.2. The molecule has 1 heterocycles. The number of aliphatic hydroxyl groups excluding tert-OH is 1. The Kier molecular flexibility index (Phi) is 4.80. The van der Waals surface area contributed by atoms with Crippen LogP contribution in [0.15, 0.2) is 18.2 Å². The van der Waals surface area contributed by atoms with E-state index in [9.17, 15) is 19.8 Å². The number of aryl methyl sites for hydroxylation is 1. The van der Waals surface area contributed by atoms with Crippen LogP contribution in [0.4, 0.5) is 10.5 Å². The Morgan fingerprint density at radius 1 is 1.38 bits per heavy atom. The van der Waals surface area contributed by atoms with Gasteiger partial charge < -0.3 is 20.4 Å². The first kappa shape index (κ1) is 15.3. The van der Waals surface area contributed by atoms with Crippen LogP contribution >= 0.6 is 0 Å². The van der Waals surface area contributed by atoms with Crippen molar-refractivity contribution >= 4 is 17.7 Å². The minimum atomic E-state index is -1.08. The van der Waals surface area contributed by atoms with Gasteiger partial charge in [0.2, 0.25) is 0 Å². The smallest absolute Gasteiger partial charge is 0.337 e. The molecular weight excluding hydrogens is 272 g/mol. The molecule has 6 heteroatoms. The van der Waals surface area contributed by atoms with Crippen LogP contribution in [-0.4, -0.2) is 46.3 Å². The van der Waals surface area contributed by atoms with Gasteiger partial charge in [-0.1, -0.05) is 11.6 Å². The first-order chi connectivity index (χ1) is 10.0. The molecule has 2 amide bonds. The van der Waals surface area contributed by atoms with Gasteiger partial charge in [-0.2, -0.15) is 0 Å². The maximum Gasteiger partial charge on any atom is 0.337 e. The third kappa shape index (κ3) is 3.52. The highest BCUT2D eigenvalue weighted by molar-refractivity contribution is 6.00. The van der Waals surface area contributed by atoms with Gasteiger partial charge in [-0.25, -0.2) is 9.59 Å². The highest BCUT2D eigenvalue weighted by atomic mass is 16.4. The molecule has 1 aliphatic heterocycles. The fourth-order valence-corrected chi connectivity index (χ4v) is 2.59. The van der Waals surface area contributed by atoms with Gasteiger partial charge in [-0.05, 0) is 38.3 Å². The van der Waals surface area contributed by atoms with E-state index in [0.29, 0.717) is 6.54 Å². The Morgan fingerprint density at radius 2 is 2.14 bits per heavy atom. The molecule has 0 aromatic heterocycles. The molecule has 0 saturated carbocycles. The second-order valence-corrected chi connectivity index (χ2v) is 5.31. The molecule has 1 unspecified atom stereocenters. The van der Waals surface area contributed by atoms with E-state index >= 15 is 0 Å². The first-order valence-corrected chi connectivity index (χ1v) is 7.05. The molecule has 1 fully saturated rings. The van der Waals surface area contributed by atoms with E-state index in [1.807, 2.05) is 0 Å². The molecule has 1 atom stereocenters. The number of aliphatic hydroxyl groups is 1. The van der Waals surface area contributed by atoms with Crippen LogP contribution in [0, 0.1) is 6.92 Å². The topological polar surface area (TPSA) is 89.9 Å². The van der Waals surface area contributed by atoms with Crippen molar-refractivity contribution in [3.05, 3.63) is 29.3 Å². The third-order valence-corrected chi connectivity index (χ3v) is 3.75. The molecule has 3 N–H and O–H groups in total. The summed E-state index contributed by atoms with van der Waals surface area (Å²) in [4.78, 5) is 25.1. The Morgan fingerprint density at radius 3 is 2.81 bits per heavy atom. The Bertz CT molecular complexity index is 544. The van der Waals surface area contributed by atoms with Gasteiger partial charge in [0.15, 0.2) is 0 Å². The molecule has 21 heavy (non-hydrogen) atoms. The largest absolute Gasteiger partial charge is 0.478 e. The molecule has 114 valence electrons. The second kappa shape index (κ2) is 6.58. The quantitative estimate of drug-likeness (QED) is 0.795. The fraction of sp³-hybridized carbons (Fsp3) is 0.467. The van der Waals surface area contributed by atoms with E-state index in [2.05, 4.69) is 5.32 Å². The molecule has 6 nitrogen and oxygen atoms in total. The average Bonchev–Trinajstić information content (AvgIpc) is 2.48. The molecule has 0 aliphatic carbocycles. The van der Waals surface area contributed by atoms with Crippen molar-refractivity contribution in [1.82, 2.24) is 4.90 Å². The number of nitrogens with one attached hydrogen (secondary N) is 1. The maximum atomic E-state index is 12.3. The number of nitrogens with zero attached hydrogens (tertiary/aromatic N) is 1. The maximum absolute atomic E-state index is 12.3. The summed E-state index contributed by atoms with van der Waals surface area (Å²) in [6.07, 6.45) is 2.65. The van der Waals surface area contributed by atoms with E-state index in [0.717, 1.165) is 24.8 Å². The number of carbonyl (C=O) groups excluding carboxylic acids is 1. The summed E-state index contributed by atoms with van der Waals surface area (Å²) < 4.78 is 0. The van der Waals surface area contributed by atoms with E-state index in [-0.39, 0.29) is 29.9 Å². The fourth-order valence-electron chi connectivity index (χ4n) is 2.59. The minimum Gasteiger partial charge on any atom is -0.478 e. The SMILES string of the molecule is Cc1ccc(NC(=O)N2CCCCC2CO)c(C(=O)O)c1. The number of benzene rings is 1. The van der Waals surface area contributed by atoms with Crippen LogP contribution < -0.4 is 5.32 Å². The number of hydrogen-bond donors (Lipinski definition) is 3. The number of urea groups is 1. The lowest BCUT2D eigenvalue weighted by molar-refractivity contribution is 0.0698. The zero-order chi connectivity index (χ0) is 15.4. The van der Waals surface area contributed by atoms with Crippen molar-refractivity contribution in [2.75, 3.05) is 18.5 Å². The average molecular weight is 292 g/mol. The summed E-state index contributed by atoms with van der Waals surface area (Å²) in [6, 6.07) is 4.31. The van der Waals surface area contributed by atoms with Gasteiger partial charge >= 0.3 is 12.0 Å². The molecule has 1 aromatic rings. The molecule has 0 bridgehead atoms. The van der Waals surface area contributed by atoms with E-state index in [4.69, 9.17) is 0 Å². The standard InChI is InChI=1S/C15H20N2O4/c1-10-5-6-13(12(8-10)14(19)20)16-15(21)17-7-3-2-4-11(17)9-18/h5-6,8,11,18H,2-4,7,9H2,1H3,(H,16,21)(H,19,20). The van der Waals surface area contributed by atoms with Crippen LogP contribution in [-0.2, 0) is 0 Å². The number of likely N-dealkylation sites (tertiary alicyclic amines) is 1. The van der Waals surface area contributed by atoms with Crippen LogP contribution in [0.3, 0.4) is 0 Å². The van der Waals surface area contributed by atoms with Gasteiger partial charge in [0.25, 0.3) is 0 Å². The molecule has 1 aromatic carbocycles. The van der Waals surface area contributed by atoms with Crippen LogP contribution in [0.5, 0.6) is 0 Å². The van der Waals surface area contributed by atoms with Crippen LogP contribution in [0.25, 0.3) is 0 Å². The van der Waals surface area contributed by atoms with E-state index in [1.165, 1.54) is 6.07 Å². The van der Waals surface area contributed by atoms with Gasteiger partial charge in [0.05, 0.1) is 23.9 Å².